The quantitative estimate of drug-likeness (QED) is 0.451. The summed E-state index contributed by atoms with van der Waals surface area (Å²) >= 11 is 0. The van der Waals surface area contributed by atoms with Gasteiger partial charge in [-0.05, 0) is 13.8 Å². The van der Waals surface area contributed by atoms with Gasteiger partial charge in [-0.2, -0.15) is 0 Å². The molecule has 0 aliphatic heterocycles. The summed E-state index contributed by atoms with van der Waals surface area (Å²) in [6.45, 7) is 5.50. The van der Waals surface area contributed by atoms with Gasteiger partial charge in [-0.1, -0.05) is 0 Å². The fourth-order valence-electron chi connectivity index (χ4n) is 0.774. The Hall–Kier alpha value is -0.780. The van der Waals surface area contributed by atoms with Crippen molar-refractivity contribution in [2.24, 2.45) is 11.6 Å². The van der Waals surface area contributed by atoms with Crippen LogP contribution < -0.4 is 11.6 Å². The summed E-state index contributed by atoms with van der Waals surface area (Å²) in [7, 11) is 1.63. The Bertz CT molecular complexity index is 171. The Kier molecular flexibility index (Phi) is 7.18. The van der Waals surface area contributed by atoms with Crippen LogP contribution >= 0.6 is 0 Å². The number of methoxy groups -OCH3 is 1. The minimum atomic E-state index is 0.173. The molecule has 0 saturated heterocycles. The zero-order chi connectivity index (χ0) is 11.0. The Balaban J connectivity index is 3.72. The van der Waals surface area contributed by atoms with Crippen molar-refractivity contribution in [2.45, 2.75) is 20.0 Å². The van der Waals surface area contributed by atoms with Gasteiger partial charge in [-0.3, -0.25) is 0 Å². The summed E-state index contributed by atoms with van der Waals surface area (Å²) in [6.07, 6.45) is 1.83. The van der Waals surface area contributed by atoms with Gasteiger partial charge < -0.3 is 20.2 Å². The zero-order valence-electron chi connectivity index (χ0n) is 9.19. The third-order valence-electron chi connectivity index (χ3n) is 1.47. The van der Waals surface area contributed by atoms with Gasteiger partial charge in [-0.15, -0.1) is 0 Å². The van der Waals surface area contributed by atoms with Crippen molar-refractivity contribution in [3.8, 4) is 0 Å². The van der Waals surface area contributed by atoms with Gasteiger partial charge in [-0.25, -0.2) is 5.84 Å². The Morgan fingerprint density at radius 1 is 1.50 bits per heavy atom. The second-order valence-corrected chi connectivity index (χ2v) is 3.29. The molecule has 0 saturated carbocycles. The highest BCUT2D eigenvalue weighted by Crippen LogP contribution is 1.93. The van der Waals surface area contributed by atoms with Crippen LogP contribution in [0.15, 0.2) is 11.9 Å². The number of hydrogen-bond donors (Lipinski definition) is 2. The first-order valence-electron chi connectivity index (χ1n) is 4.64. The smallest absolute Gasteiger partial charge is 0.0879 e. The maximum atomic E-state index is 5.67. The van der Waals surface area contributed by atoms with E-state index in [0.717, 1.165) is 0 Å². The predicted molar refractivity (Wildman–Crippen MR) is 56.1 cm³/mol. The maximum Gasteiger partial charge on any atom is 0.0879 e. The largest absolute Gasteiger partial charge is 0.399 e. The molecule has 14 heavy (non-hydrogen) atoms. The van der Waals surface area contributed by atoms with Crippen LogP contribution in [-0.2, 0) is 9.47 Å². The van der Waals surface area contributed by atoms with E-state index in [4.69, 9.17) is 21.1 Å². The van der Waals surface area contributed by atoms with Gasteiger partial charge in [0.05, 0.1) is 31.6 Å². The Labute approximate surface area is 85.6 Å². The van der Waals surface area contributed by atoms with Crippen LogP contribution in [0.4, 0.5) is 0 Å². The van der Waals surface area contributed by atoms with Crippen molar-refractivity contribution in [2.75, 3.05) is 26.9 Å². The third-order valence-corrected chi connectivity index (χ3v) is 1.47. The second kappa shape index (κ2) is 7.61. The highest BCUT2D eigenvalue weighted by atomic mass is 16.5. The molecule has 0 fully saturated rings. The average molecular weight is 203 g/mol. The van der Waals surface area contributed by atoms with Crippen LogP contribution in [0, 0.1) is 0 Å². The van der Waals surface area contributed by atoms with Crippen LogP contribution in [0.1, 0.15) is 13.8 Å². The number of nitrogens with two attached hydrogens (primary N) is 2. The molecule has 0 aliphatic rings. The molecular weight excluding hydrogens is 182 g/mol. The number of hydrogen-bond acceptors (Lipinski definition) is 5. The molecule has 0 aromatic rings. The molecule has 0 bridgehead atoms. The van der Waals surface area contributed by atoms with E-state index in [-0.39, 0.29) is 6.10 Å². The highest BCUT2D eigenvalue weighted by Gasteiger charge is 1.97. The molecule has 0 radical (unpaired) electrons. The van der Waals surface area contributed by atoms with Crippen LogP contribution in [0.2, 0.25) is 0 Å². The maximum absolute atomic E-state index is 5.67. The summed E-state index contributed by atoms with van der Waals surface area (Å²) in [6, 6.07) is 0. The first-order valence-corrected chi connectivity index (χ1v) is 4.64. The lowest BCUT2D eigenvalue weighted by Crippen LogP contribution is -2.30. The lowest BCUT2D eigenvalue weighted by molar-refractivity contribution is 0.0952. The molecule has 0 atom stereocenters. The molecule has 0 aliphatic carbocycles. The molecule has 5 nitrogen and oxygen atoms in total. The van der Waals surface area contributed by atoms with Crippen LogP contribution in [0.5, 0.6) is 0 Å². The van der Waals surface area contributed by atoms with Gasteiger partial charge in [0.25, 0.3) is 0 Å². The van der Waals surface area contributed by atoms with E-state index in [9.17, 15) is 0 Å². The summed E-state index contributed by atoms with van der Waals surface area (Å²) < 4.78 is 10.2. The number of rotatable bonds is 7. The molecule has 0 spiro atoms. The van der Waals surface area contributed by atoms with E-state index in [0.29, 0.717) is 25.5 Å². The topological polar surface area (TPSA) is 73.7 Å². The normalized spacial score (nSPS) is 12.2. The first kappa shape index (κ1) is 13.2. The van der Waals surface area contributed by atoms with Gasteiger partial charge in [0.15, 0.2) is 0 Å². The molecule has 0 unspecified atom stereocenters. The SMILES string of the molecule is COCCN(N)/C=C(\N)COC(C)C. The van der Waals surface area contributed by atoms with Crippen molar-refractivity contribution >= 4 is 0 Å². The number of hydrazine groups is 1. The Morgan fingerprint density at radius 3 is 2.64 bits per heavy atom. The molecule has 5 heteroatoms. The van der Waals surface area contributed by atoms with E-state index in [1.807, 2.05) is 13.8 Å². The van der Waals surface area contributed by atoms with E-state index in [1.165, 1.54) is 5.01 Å². The highest BCUT2D eigenvalue weighted by molar-refractivity contribution is 4.95. The van der Waals surface area contributed by atoms with Crippen molar-refractivity contribution in [1.29, 1.82) is 0 Å². The van der Waals surface area contributed by atoms with Crippen molar-refractivity contribution < 1.29 is 9.47 Å². The van der Waals surface area contributed by atoms with Gasteiger partial charge in [0.1, 0.15) is 0 Å². The molecule has 4 N–H and O–H groups in total. The monoisotopic (exact) mass is 203 g/mol. The van der Waals surface area contributed by atoms with Crippen molar-refractivity contribution in [1.82, 2.24) is 5.01 Å². The fraction of sp³-hybridized carbons (Fsp3) is 0.778. The molecule has 0 amide bonds. The van der Waals surface area contributed by atoms with Gasteiger partial charge in [0.2, 0.25) is 0 Å². The molecule has 0 aromatic heterocycles. The molecular formula is C9H21N3O2. The molecule has 84 valence electrons. The van der Waals surface area contributed by atoms with E-state index in [1.54, 1.807) is 13.3 Å². The van der Waals surface area contributed by atoms with Crippen LogP contribution in [0.25, 0.3) is 0 Å². The average Bonchev–Trinajstić information content (AvgIpc) is 2.11. The van der Waals surface area contributed by atoms with E-state index in [2.05, 4.69) is 0 Å². The van der Waals surface area contributed by atoms with E-state index >= 15 is 0 Å². The van der Waals surface area contributed by atoms with Gasteiger partial charge >= 0.3 is 0 Å². The summed E-state index contributed by atoms with van der Waals surface area (Å²) in [5, 5.41) is 1.49. The zero-order valence-corrected chi connectivity index (χ0v) is 9.19. The minimum Gasteiger partial charge on any atom is -0.399 e. The molecule has 0 rings (SSSR count). The summed E-state index contributed by atoms with van der Waals surface area (Å²) in [5.74, 6) is 5.61. The third kappa shape index (κ3) is 7.85. The first-order chi connectivity index (χ1) is 6.56. The van der Waals surface area contributed by atoms with Crippen LogP contribution in [0.3, 0.4) is 0 Å². The van der Waals surface area contributed by atoms with E-state index < -0.39 is 0 Å². The second-order valence-electron chi connectivity index (χ2n) is 3.29. The predicted octanol–water partition coefficient (Wildman–Crippen LogP) is 0.0336. The minimum absolute atomic E-state index is 0.173. The van der Waals surface area contributed by atoms with Gasteiger partial charge in [0, 0.05) is 13.3 Å². The van der Waals surface area contributed by atoms with Crippen LogP contribution in [-0.4, -0.2) is 38.0 Å². The number of nitrogens with zero attached hydrogens (tertiary/aromatic N) is 1. The molecule has 0 heterocycles. The van der Waals surface area contributed by atoms with Crippen molar-refractivity contribution in [3.05, 3.63) is 11.9 Å². The standard InChI is InChI=1S/C9H21N3O2/c1-8(2)14-7-9(10)6-12(11)4-5-13-3/h6,8H,4-5,7,10-11H2,1-3H3/b9-6-. The van der Waals surface area contributed by atoms with Crippen molar-refractivity contribution in [3.63, 3.8) is 0 Å². The lowest BCUT2D eigenvalue weighted by Gasteiger charge is -2.14. The molecule has 0 aromatic carbocycles. The number of ether oxygens (including phenoxy) is 2. The fourth-order valence-corrected chi connectivity index (χ4v) is 0.774. The Morgan fingerprint density at radius 2 is 2.14 bits per heavy atom. The summed E-state index contributed by atoms with van der Waals surface area (Å²) in [4.78, 5) is 0. The lowest BCUT2D eigenvalue weighted by atomic mass is 10.4. The summed E-state index contributed by atoms with van der Waals surface area (Å²) in [5.41, 5.74) is 6.28.